The Kier molecular flexibility index (Phi) is 7.36. The molecule has 2 aromatic carbocycles. The Morgan fingerprint density at radius 2 is 1.44 bits per heavy atom. The van der Waals surface area contributed by atoms with E-state index in [0.29, 0.717) is 48.6 Å². The van der Waals surface area contributed by atoms with Gasteiger partial charge >= 0.3 is 0 Å². The molecule has 0 radical (unpaired) electrons. The van der Waals surface area contributed by atoms with E-state index >= 15 is 0 Å². The summed E-state index contributed by atoms with van der Waals surface area (Å²) in [5.41, 5.74) is 3.86. The van der Waals surface area contributed by atoms with Gasteiger partial charge in [-0.2, -0.15) is 4.31 Å². The van der Waals surface area contributed by atoms with Gasteiger partial charge in [-0.15, -0.1) is 0 Å². The average Bonchev–Trinajstić information content (AvgIpc) is 2.74. The van der Waals surface area contributed by atoms with Crippen molar-refractivity contribution in [2.75, 3.05) is 23.7 Å². The molecular formula is C24H31N3O4S. The maximum absolute atomic E-state index is 13.2. The highest BCUT2D eigenvalue weighted by Gasteiger charge is 2.33. The van der Waals surface area contributed by atoms with Crippen molar-refractivity contribution in [2.24, 2.45) is 5.92 Å². The Hall–Kier alpha value is -2.71. The molecule has 2 amide bonds. The highest BCUT2D eigenvalue weighted by atomic mass is 32.2. The molecule has 1 fully saturated rings. The lowest BCUT2D eigenvalue weighted by atomic mass is 9.97. The van der Waals surface area contributed by atoms with Gasteiger partial charge in [-0.1, -0.05) is 24.6 Å². The summed E-state index contributed by atoms with van der Waals surface area (Å²) in [4.78, 5) is 24.5. The number of hydrogen-bond donors (Lipinski definition) is 2. The van der Waals surface area contributed by atoms with Gasteiger partial charge in [0, 0.05) is 36.8 Å². The van der Waals surface area contributed by atoms with Crippen molar-refractivity contribution in [2.45, 2.75) is 51.9 Å². The van der Waals surface area contributed by atoms with Crippen molar-refractivity contribution >= 4 is 33.2 Å². The first-order chi connectivity index (χ1) is 15.1. The summed E-state index contributed by atoms with van der Waals surface area (Å²) >= 11 is 0. The summed E-state index contributed by atoms with van der Waals surface area (Å²) < 4.78 is 28.0. The number of sulfonamides is 1. The third-order valence-electron chi connectivity index (χ3n) is 5.78. The van der Waals surface area contributed by atoms with Crippen molar-refractivity contribution in [3.05, 3.63) is 53.1 Å². The maximum atomic E-state index is 13.2. The second kappa shape index (κ2) is 9.83. The first-order valence-corrected chi connectivity index (χ1v) is 12.3. The van der Waals surface area contributed by atoms with E-state index in [1.54, 1.807) is 31.2 Å². The standard InChI is InChI=1S/C24H31N3O4S/c1-5-22(28)25-20-6-8-21(9-7-20)26-24(29)19-10-12-27(13-11-19)32(30,31)23-17(3)14-16(2)15-18(23)4/h6-9,14-15,19H,5,10-13H2,1-4H3,(H,25,28)(H,26,29). The van der Waals surface area contributed by atoms with Crippen LogP contribution in [0.1, 0.15) is 42.9 Å². The Labute approximate surface area is 190 Å². The van der Waals surface area contributed by atoms with E-state index in [2.05, 4.69) is 10.6 Å². The number of anilines is 2. The Morgan fingerprint density at radius 1 is 0.938 bits per heavy atom. The lowest BCUT2D eigenvalue weighted by molar-refractivity contribution is -0.121. The number of hydrogen-bond acceptors (Lipinski definition) is 4. The average molecular weight is 458 g/mol. The molecule has 3 rings (SSSR count). The topological polar surface area (TPSA) is 95.6 Å². The van der Waals surface area contributed by atoms with Crippen molar-refractivity contribution < 1.29 is 18.0 Å². The summed E-state index contributed by atoms with van der Waals surface area (Å²) in [6.07, 6.45) is 1.34. The predicted octanol–water partition coefficient (Wildman–Crippen LogP) is 4.00. The molecule has 1 heterocycles. The van der Waals surface area contributed by atoms with Gasteiger partial charge in [-0.05, 0) is 69.0 Å². The number of benzene rings is 2. The van der Waals surface area contributed by atoms with Crippen molar-refractivity contribution in [3.8, 4) is 0 Å². The van der Waals surface area contributed by atoms with Crippen LogP contribution in [0.5, 0.6) is 0 Å². The molecule has 0 aromatic heterocycles. The molecule has 1 saturated heterocycles. The minimum atomic E-state index is -3.60. The van der Waals surface area contributed by atoms with Crippen molar-refractivity contribution in [3.63, 3.8) is 0 Å². The van der Waals surface area contributed by atoms with Crippen LogP contribution in [0.2, 0.25) is 0 Å². The normalized spacial score (nSPS) is 15.4. The zero-order valence-corrected chi connectivity index (χ0v) is 19.9. The van der Waals surface area contributed by atoms with Crippen molar-refractivity contribution in [1.29, 1.82) is 0 Å². The largest absolute Gasteiger partial charge is 0.326 e. The summed E-state index contributed by atoms with van der Waals surface area (Å²) in [6.45, 7) is 8.02. The SMILES string of the molecule is CCC(=O)Nc1ccc(NC(=O)C2CCN(S(=O)(=O)c3c(C)cc(C)cc3C)CC2)cc1. The van der Waals surface area contributed by atoms with Crippen LogP contribution >= 0.6 is 0 Å². The minimum Gasteiger partial charge on any atom is -0.326 e. The Bertz CT molecular complexity index is 1080. The molecule has 2 N–H and O–H groups in total. The van der Waals surface area contributed by atoms with Crippen LogP contribution in [-0.4, -0.2) is 37.6 Å². The van der Waals surface area contributed by atoms with E-state index < -0.39 is 10.0 Å². The second-order valence-corrected chi connectivity index (χ2v) is 10.2. The van der Waals surface area contributed by atoms with E-state index in [0.717, 1.165) is 16.7 Å². The summed E-state index contributed by atoms with van der Waals surface area (Å²) in [6, 6.07) is 10.7. The summed E-state index contributed by atoms with van der Waals surface area (Å²) in [7, 11) is -3.60. The van der Waals surface area contributed by atoms with Gasteiger partial charge in [0.25, 0.3) is 0 Å². The van der Waals surface area contributed by atoms with Gasteiger partial charge < -0.3 is 10.6 Å². The fraction of sp³-hybridized carbons (Fsp3) is 0.417. The highest BCUT2D eigenvalue weighted by molar-refractivity contribution is 7.89. The summed E-state index contributed by atoms with van der Waals surface area (Å²) in [5, 5.41) is 5.66. The number of aryl methyl sites for hydroxylation is 3. The first kappa shape index (κ1) is 23.9. The van der Waals surface area contributed by atoms with E-state index in [9.17, 15) is 18.0 Å². The van der Waals surface area contributed by atoms with Gasteiger partial charge in [0.2, 0.25) is 21.8 Å². The van der Waals surface area contributed by atoms with Crippen LogP contribution in [0.3, 0.4) is 0 Å². The van der Waals surface area contributed by atoms with E-state index in [1.165, 1.54) is 4.31 Å². The number of amides is 2. The molecule has 0 bridgehead atoms. The molecule has 32 heavy (non-hydrogen) atoms. The molecule has 7 nitrogen and oxygen atoms in total. The number of carbonyl (C=O) groups is 2. The van der Waals surface area contributed by atoms with Crippen LogP contribution in [0, 0.1) is 26.7 Å². The van der Waals surface area contributed by atoms with Crippen LogP contribution < -0.4 is 10.6 Å². The maximum Gasteiger partial charge on any atom is 0.243 e. The Balaban J connectivity index is 1.61. The highest BCUT2D eigenvalue weighted by Crippen LogP contribution is 2.29. The number of nitrogens with zero attached hydrogens (tertiary/aromatic N) is 1. The van der Waals surface area contributed by atoms with Gasteiger partial charge in [-0.3, -0.25) is 9.59 Å². The predicted molar refractivity (Wildman–Crippen MR) is 126 cm³/mol. The monoisotopic (exact) mass is 457 g/mol. The van der Waals surface area contributed by atoms with Crippen LogP contribution in [0.15, 0.2) is 41.3 Å². The lowest BCUT2D eigenvalue weighted by Crippen LogP contribution is -2.41. The van der Waals surface area contributed by atoms with Crippen molar-refractivity contribution in [1.82, 2.24) is 4.31 Å². The fourth-order valence-corrected chi connectivity index (χ4v) is 6.07. The lowest BCUT2D eigenvalue weighted by Gasteiger charge is -2.31. The molecule has 1 aliphatic rings. The van der Waals surface area contributed by atoms with E-state index in [4.69, 9.17) is 0 Å². The van der Waals surface area contributed by atoms with Gasteiger partial charge in [-0.25, -0.2) is 8.42 Å². The molecule has 0 saturated carbocycles. The smallest absolute Gasteiger partial charge is 0.243 e. The molecule has 0 atom stereocenters. The van der Waals surface area contributed by atoms with Gasteiger partial charge in [0.05, 0.1) is 4.90 Å². The third-order valence-corrected chi connectivity index (χ3v) is 7.99. The van der Waals surface area contributed by atoms with Gasteiger partial charge in [0.1, 0.15) is 0 Å². The first-order valence-electron chi connectivity index (χ1n) is 10.9. The minimum absolute atomic E-state index is 0.0699. The molecule has 172 valence electrons. The molecule has 8 heteroatoms. The van der Waals surface area contributed by atoms with E-state index in [-0.39, 0.29) is 17.7 Å². The molecule has 0 unspecified atom stereocenters. The van der Waals surface area contributed by atoms with Crippen LogP contribution in [0.4, 0.5) is 11.4 Å². The van der Waals surface area contributed by atoms with Gasteiger partial charge in [0.15, 0.2) is 0 Å². The van der Waals surface area contributed by atoms with E-state index in [1.807, 2.05) is 32.9 Å². The zero-order valence-electron chi connectivity index (χ0n) is 19.1. The van der Waals surface area contributed by atoms with Crippen LogP contribution in [0.25, 0.3) is 0 Å². The molecule has 0 spiro atoms. The molecule has 0 aliphatic carbocycles. The summed E-state index contributed by atoms with van der Waals surface area (Å²) in [5.74, 6) is -0.434. The quantitative estimate of drug-likeness (QED) is 0.685. The number of nitrogens with one attached hydrogen (secondary N) is 2. The number of carbonyl (C=O) groups excluding carboxylic acids is 2. The second-order valence-electron chi connectivity index (χ2n) is 8.37. The zero-order chi connectivity index (χ0) is 23.5. The number of rotatable bonds is 6. The van der Waals surface area contributed by atoms with Crippen LogP contribution in [-0.2, 0) is 19.6 Å². The molecular weight excluding hydrogens is 426 g/mol. The Morgan fingerprint density at radius 3 is 1.94 bits per heavy atom. The number of piperidine rings is 1. The third kappa shape index (κ3) is 5.37. The fourth-order valence-electron chi connectivity index (χ4n) is 4.19. The molecule has 2 aromatic rings. The molecule has 1 aliphatic heterocycles.